The number of benzene rings is 2. The fourth-order valence-electron chi connectivity index (χ4n) is 3.91. The maximum atomic E-state index is 13.0. The van der Waals surface area contributed by atoms with Crippen molar-refractivity contribution in [1.82, 2.24) is 15.0 Å². The number of ether oxygens (including phenoxy) is 1. The summed E-state index contributed by atoms with van der Waals surface area (Å²) >= 11 is 0. The van der Waals surface area contributed by atoms with Crippen molar-refractivity contribution in [2.45, 2.75) is 39.0 Å². The van der Waals surface area contributed by atoms with Crippen LogP contribution in [-0.4, -0.2) is 46.6 Å². The van der Waals surface area contributed by atoms with E-state index in [1.54, 1.807) is 19.1 Å². The Morgan fingerprint density at radius 3 is 2.76 bits per heavy atom. The molecule has 4 rings (SSSR count). The molecule has 0 unspecified atom stereocenters. The SMILES string of the molecule is CCOc1ccc(C(=O)N2CCC[C@H](c3nc(-c4cccc(NC(=O)CC)c4)no3)C2)cc1. The van der Waals surface area contributed by atoms with Crippen LogP contribution in [0.4, 0.5) is 5.69 Å². The van der Waals surface area contributed by atoms with Crippen molar-refractivity contribution >= 4 is 17.5 Å². The second-order valence-electron chi connectivity index (χ2n) is 7.99. The summed E-state index contributed by atoms with van der Waals surface area (Å²) in [6.07, 6.45) is 2.15. The van der Waals surface area contributed by atoms with Gasteiger partial charge in [0, 0.05) is 36.3 Å². The Morgan fingerprint density at radius 2 is 2.00 bits per heavy atom. The molecule has 8 heteroatoms. The quantitative estimate of drug-likeness (QED) is 0.571. The van der Waals surface area contributed by atoms with Gasteiger partial charge in [0.15, 0.2) is 0 Å². The lowest BCUT2D eigenvalue weighted by Gasteiger charge is -2.31. The first-order valence-electron chi connectivity index (χ1n) is 11.3. The molecule has 172 valence electrons. The molecule has 1 aliphatic heterocycles. The number of rotatable bonds is 7. The molecule has 1 aliphatic rings. The zero-order valence-corrected chi connectivity index (χ0v) is 18.9. The van der Waals surface area contributed by atoms with Crippen molar-refractivity contribution in [2.75, 3.05) is 25.0 Å². The number of nitrogens with zero attached hydrogens (tertiary/aromatic N) is 3. The third-order valence-corrected chi connectivity index (χ3v) is 5.64. The van der Waals surface area contributed by atoms with Crippen LogP contribution < -0.4 is 10.1 Å². The van der Waals surface area contributed by atoms with Crippen molar-refractivity contribution in [1.29, 1.82) is 0 Å². The van der Waals surface area contributed by atoms with E-state index < -0.39 is 0 Å². The van der Waals surface area contributed by atoms with Crippen molar-refractivity contribution in [2.24, 2.45) is 0 Å². The molecule has 0 bridgehead atoms. The van der Waals surface area contributed by atoms with Crippen LogP contribution in [0.5, 0.6) is 5.75 Å². The highest BCUT2D eigenvalue weighted by atomic mass is 16.5. The summed E-state index contributed by atoms with van der Waals surface area (Å²) in [6.45, 7) is 5.55. The molecular formula is C25H28N4O4. The van der Waals surface area contributed by atoms with E-state index in [-0.39, 0.29) is 17.7 Å². The van der Waals surface area contributed by atoms with Gasteiger partial charge in [-0.1, -0.05) is 24.2 Å². The van der Waals surface area contributed by atoms with E-state index in [1.165, 1.54) is 0 Å². The molecule has 1 N–H and O–H groups in total. The van der Waals surface area contributed by atoms with E-state index in [1.807, 2.05) is 48.2 Å². The minimum atomic E-state index is -0.0551. The minimum absolute atomic E-state index is 0.0122. The molecule has 1 fully saturated rings. The van der Waals surface area contributed by atoms with Crippen molar-refractivity contribution in [3.05, 3.63) is 60.0 Å². The number of carbonyl (C=O) groups excluding carboxylic acids is 2. The van der Waals surface area contributed by atoms with E-state index in [0.29, 0.717) is 49.1 Å². The highest BCUT2D eigenvalue weighted by Crippen LogP contribution is 2.29. The van der Waals surface area contributed by atoms with Gasteiger partial charge in [-0.15, -0.1) is 0 Å². The van der Waals surface area contributed by atoms with Gasteiger partial charge in [-0.3, -0.25) is 9.59 Å². The summed E-state index contributed by atoms with van der Waals surface area (Å²) in [5.41, 5.74) is 2.09. The summed E-state index contributed by atoms with van der Waals surface area (Å²) in [5, 5.41) is 6.98. The zero-order chi connectivity index (χ0) is 23.2. The average Bonchev–Trinajstić information content (AvgIpc) is 3.35. The van der Waals surface area contributed by atoms with Gasteiger partial charge in [0.1, 0.15) is 5.75 Å². The number of amides is 2. The predicted octanol–water partition coefficient (Wildman–Crippen LogP) is 4.50. The second-order valence-corrected chi connectivity index (χ2v) is 7.99. The molecule has 1 aromatic heterocycles. The summed E-state index contributed by atoms with van der Waals surface area (Å²) < 4.78 is 11.0. The maximum Gasteiger partial charge on any atom is 0.253 e. The van der Waals surface area contributed by atoms with Crippen LogP contribution in [0.1, 0.15) is 55.3 Å². The molecule has 2 amide bonds. The van der Waals surface area contributed by atoms with E-state index >= 15 is 0 Å². The van der Waals surface area contributed by atoms with Crippen LogP contribution in [0.25, 0.3) is 11.4 Å². The lowest BCUT2D eigenvalue weighted by atomic mass is 9.97. The van der Waals surface area contributed by atoms with Crippen molar-refractivity contribution < 1.29 is 18.8 Å². The Hall–Kier alpha value is -3.68. The fourth-order valence-corrected chi connectivity index (χ4v) is 3.91. The van der Waals surface area contributed by atoms with Gasteiger partial charge in [0.25, 0.3) is 5.91 Å². The third-order valence-electron chi connectivity index (χ3n) is 5.64. The Labute approximate surface area is 192 Å². The van der Waals surface area contributed by atoms with Crippen LogP contribution in [-0.2, 0) is 4.79 Å². The lowest BCUT2D eigenvalue weighted by molar-refractivity contribution is -0.115. The summed E-state index contributed by atoms with van der Waals surface area (Å²) in [7, 11) is 0. The fraction of sp³-hybridized carbons (Fsp3) is 0.360. The van der Waals surface area contributed by atoms with E-state index in [0.717, 1.165) is 24.2 Å². The molecular weight excluding hydrogens is 420 g/mol. The van der Waals surface area contributed by atoms with Crippen LogP contribution in [0.3, 0.4) is 0 Å². The molecule has 2 aromatic carbocycles. The van der Waals surface area contributed by atoms with Crippen LogP contribution >= 0.6 is 0 Å². The summed E-state index contributed by atoms with van der Waals surface area (Å²) in [6, 6.07) is 14.6. The number of piperidine rings is 1. The normalized spacial score (nSPS) is 15.8. The third kappa shape index (κ3) is 5.39. The smallest absolute Gasteiger partial charge is 0.253 e. The number of carbonyl (C=O) groups is 2. The standard InChI is InChI=1S/C25H28N4O4/c1-3-22(30)26-20-9-5-7-18(15-20)23-27-24(33-28-23)19-8-6-14-29(16-19)25(31)17-10-12-21(13-11-17)32-4-2/h5,7,9-13,15,19H,3-4,6,8,14,16H2,1-2H3,(H,26,30)/t19-/m0/s1. The topological polar surface area (TPSA) is 97.6 Å². The Bertz CT molecular complexity index is 1110. The largest absolute Gasteiger partial charge is 0.494 e. The molecule has 8 nitrogen and oxygen atoms in total. The van der Waals surface area contributed by atoms with Crippen molar-refractivity contribution in [3.8, 4) is 17.1 Å². The molecule has 1 saturated heterocycles. The average molecular weight is 449 g/mol. The zero-order valence-electron chi connectivity index (χ0n) is 18.9. The molecule has 3 aromatic rings. The van der Waals surface area contributed by atoms with Gasteiger partial charge < -0.3 is 19.5 Å². The highest BCUT2D eigenvalue weighted by Gasteiger charge is 2.29. The Kier molecular flexibility index (Phi) is 7.02. The molecule has 1 atom stereocenters. The highest BCUT2D eigenvalue weighted by molar-refractivity contribution is 5.94. The number of nitrogens with one attached hydrogen (secondary N) is 1. The predicted molar refractivity (Wildman–Crippen MR) is 124 cm³/mol. The van der Waals surface area contributed by atoms with Gasteiger partial charge in [-0.05, 0) is 56.2 Å². The number of hydrogen-bond acceptors (Lipinski definition) is 6. The molecule has 0 aliphatic carbocycles. The molecule has 33 heavy (non-hydrogen) atoms. The maximum absolute atomic E-state index is 13.0. The van der Waals surface area contributed by atoms with E-state index in [2.05, 4.69) is 15.5 Å². The first-order valence-corrected chi connectivity index (χ1v) is 11.3. The minimum Gasteiger partial charge on any atom is -0.494 e. The number of aromatic nitrogens is 2. The number of anilines is 1. The van der Waals surface area contributed by atoms with Gasteiger partial charge in [0.2, 0.25) is 17.6 Å². The summed E-state index contributed by atoms with van der Waals surface area (Å²) in [4.78, 5) is 31.1. The summed E-state index contributed by atoms with van der Waals surface area (Å²) in [5.74, 6) is 1.66. The van der Waals surface area contributed by atoms with Crippen LogP contribution in [0.15, 0.2) is 53.1 Å². The van der Waals surface area contributed by atoms with Crippen LogP contribution in [0.2, 0.25) is 0 Å². The molecule has 0 radical (unpaired) electrons. The van der Waals surface area contributed by atoms with Crippen LogP contribution in [0, 0.1) is 0 Å². The molecule has 0 saturated carbocycles. The van der Waals surface area contributed by atoms with E-state index in [4.69, 9.17) is 9.26 Å². The second kappa shape index (κ2) is 10.3. The molecule has 2 heterocycles. The molecule has 0 spiro atoms. The first-order chi connectivity index (χ1) is 16.1. The monoisotopic (exact) mass is 448 g/mol. The van der Waals surface area contributed by atoms with Gasteiger partial charge in [0.05, 0.1) is 12.5 Å². The first kappa shape index (κ1) is 22.5. The number of likely N-dealkylation sites (tertiary alicyclic amines) is 1. The van der Waals surface area contributed by atoms with Gasteiger partial charge in [-0.2, -0.15) is 4.98 Å². The van der Waals surface area contributed by atoms with E-state index in [9.17, 15) is 9.59 Å². The van der Waals surface area contributed by atoms with Gasteiger partial charge >= 0.3 is 0 Å². The van der Waals surface area contributed by atoms with Gasteiger partial charge in [-0.25, -0.2) is 0 Å². The van der Waals surface area contributed by atoms with Crippen molar-refractivity contribution in [3.63, 3.8) is 0 Å². The lowest BCUT2D eigenvalue weighted by Crippen LogP contribution is -2.39. The Balaban J connectivity index is 1.44. The Morgan fingerprint density at radius 1 is 1.18 bits per heavy atom. The number of hydrogen-bond donors (Lipinski definition) is 1.